The highest BCUT2D eigenvalue weighted by atomic mass is 35.5. The number of hydrogen-bond acceptors (Lipinski definition) is 4. The second-order valence-corrected chi connectivity index (χ2v) is 6.84. The predicted molar refractivity (Wildman–Crippen MR) is 103 cm³/mol. The third-order valence-electron chi connectivity index (χ3n) is 4.65. The van der Waals surface area contributed by atoms with Crippen molar-refractivity contribution in [3.63, 3.8) is 0 Å². The van der Waals surface area contributed by atoms with Gasteiger partial charge in [-0.25, -0.2) is 0 Å². The summed E-state index contributed by atoms with van der Waals surface area (Å²) in [5.41, 5.74) is 2.31. The molecule has 0 bridgehead atoms. The van der Waals surface area contributed by atoms with E-state index < -0.39 is 12.1 Å². The highest BCUT2D eigenvalue weighted by molar-refractivity contribution is 6.30. The minimum absolute atomic E-state index is 0.139. The van der Waals surface area contributed by atoms with E-state index in [-0.39, 0.29) is 18.4 Å². The normalized spacial score (nSPS) is 19.7. The summed E-state index contributed by atoms with van der Waals surface area (Å²) in [4.78, 5) is 26.6. The molecular weight excluding hydrogens is 368 g/mol. The number of nitrogens with zero attached hydrogens (tertiary/aromatic N) is 1. The highest BCUT2D eigenvalue weighted by Gasteiger charge is 2.40. The molecule has 0 aromatic heterocycles. The topological polar surface area (TPSA) is 67.9 Å². The lowest BCUT2D eigenvalue weighted by atomic mass is 9.97. The van der Waals surface area contributed by atoms with Crippen LogP contribution in [-0.2, 0) is 14.3 Å². The molecule has 1 aliphatic heterocycles. The number of carbonyl (C=O) groups is 2. The molecule has 6 nitrogen and oxygen atoms in total. The minimum atomic E-state index is -0.838. The number of rotatable bonds is 4. The summed E-state index contributed by atoms with van der Waals surface area (Å²) in [6, 6.07) is 11.9. The monoisotopic (exact) mass is 388 g/mol. The molecule has 0 radical (unpaired) electrons. The van der Waals surface area contributed by atoms with Crippen molar-refractivity contribution >= 4 is 29.1 Å². The van der Waals surface area contributed by atoms with E-state index in [1.165, 1.54) is 4.90 Å². The molecule has 2 atom stereocenters. The molecule has 2 aromatic carbocycles. The number of hydrogen-bond donors (Lipinski definition) is 1. The number of methoxy groups -OCH3 is 1. The molecular formula is C20H21ClN2O4. The van der Waals surface area contributed by atoms with Crippen LogP contribution in [-0.4, -0.2) is 43.6 Å². The molecule has 142 valence electrons. The molecule has 1 N–H and O–H groups in total. The van der Waals surface area contributed by atoms with Crippen LogP contribution >= 0.6 is 11.6 Å². The fourth-order valence-corrected chi connectivity index (χ4v) is 3.22. The smallest absolute Gasteiger partial charge is 0.256 e. The minimum Gasteiger partial charge on any atom is -0.497 e. The van der Waals surface area contributed by atoms with Crippen molar-refractivity contribution in [2.45, 2.75) is 19.1 Å². The van der Waals surface area contributed by atoms with Crippen molar-refractivity contribution in [2.75, 3.05) is 26.1 Å². The Bertz CT molecular complexity index is 854. The number of likely N-dealkylation sites (N-methyl/N-ethyl adjacent to an activating group) is 1. The Morgan fingerprint density at radius 3 is 2.59 bits per heavy atom. The van der Waals surface area contributed by atoms with Crippen LogP contribution in [0.4, 0.5) is 5.69 Å². The van der Waals surface area contributed by atoms with Gasteiger partial charge in [-0.3, -0.25) is 9.59 Å². The summed E-state index contributed by atoms with van der Waals surface area (Å²) >= 11 is 5.96. The van der Waals surface area contributed by atoms with Crippen LogP contribution in [0.1, 0.15) is 17.2 Å². The fourth-order valence-electron chi connectivity index (χ4n) is 3.10. The largest absolute Gasteiger partial charge is 0.497 e. The lowest BCUT2D eigenvalue weighted by molar-refractivity contribution is -0.160. The van der Waals surface area contributed by atoms with Gasteiger partial charge in [0.15, 0.2) is 6.10 Å². The van der Waals surface area contributed by atoms with E-state index in [9.17, 15) is 9.59 Å². The van der Waals surface area contributed by atoms with Crippen LogP contribution in [0.2, 0.25) is 5.02 Å². The molecule has 27 heavy (non-hydrogen) atoms. The number of carbonyl (C=O) groups excluding carboxylic acids is 2. The van der Waals surface area contributed by atoms with Crippen molar-refractivity contribution in [1.29, 1.82) is 0 Å². The lowest BCUT2D eigenvalue weighted by Crippen LogP contribution is -2.51. The average Bonchev–Trinajstić information content (AvgIpc) is 2.66. The summed E-state index contributed by atoms with van der Waals surface area (Å²) < 4.78 is 10.8. The molecule has 0 aliphatic carbocycles. The Morgan fingerprint density at radius 2 is 1.96 bits per heavy atom. The van der Waals surface area contributed by atoms with Gasteiger partial charge in [0, 0.05) is 17.8 Å². The Labute approximate surface area is 163 Å². The van der Waals surface area contributed by atoms with E-state index in [1.807, 2.05) is 13.0 Å². The van der Waals surface area contributed by atoms with Crippen molar-refractivity contribution in [3.05, 3.63) is 58.6 Å². The van der Waals surface area contributed by atoms with Crippen molar-refractivity contribution < 1.29 is 19.1 Å². The van der Waals surface area contributed by atoms with Gasteiger partial charge in [-0.05, 0) is 48.4 Å². The van der Waals surface area contributed by atoms with Crippen LogP contribution in [0, 0.1) is 6.92 Å². The van der Waals surface area contributed by atoms with Gasteiger partial charge in [0.2, 0.25) is 5.91 Å². The maximum absolute atomic E-state index is 12.9. The summed E-state index contributed by atoms with van der Waals surface area (Å²) in [5.74, 6) is 0.214. The molecule has 0 saturated carbocycles. The van der Waals surface area contributed by atoms with Crippen LogP contribution in [0.15, 0.2) is 42.5 Å². The Kier molecular flexibility index (Phi) is 5.68. The van der Waals surface area contributed by atoms with Crippen LogP contribution in [0.3, 0.4) is 0 Å². The molecule has 1 heterocycles. The maximum atomic E-state index is 12.9. The maximum Gasteiger partial charge on any atom is 0.256 e. The Balaban J connectivity index is 1.86. The van der Waals surface area contributed by atoms with E-state index >= 15 is 0 Å². The number of nitrogens with one attached hydrogen (secondary N) is 1. The van der Waals surface area contributed by atoms with Gasteiger partial charge in [-0.2, -0.15) is 0 Å². The zero-order valence-corrected chi connectivity index (χ0v) is 16.1. The molecule has 2 amide bonds. The first kappa shape index (κ1) is 19.2. The fraction of sp³-hybridized carbons (Fsp3) is 0.300. The van der Waals surface area contributed by atoms with E-state index in [0.29, 0.717) is 16.5 Å². The van der Waals surface area contributed by atoms with E-state index in [2.05, 4.69) is 5.32 Å². The van der Waals surface area contributed by atoms with E-state index in [1.54, 1.807) is 50.6 Å². The Hall–Kier alpha value is -2.57. The second-order valence-electron chi connectivity index (χ2n) is 6.40. The summed E-state index contributed by atoms with van der Waals surface area (Å²) in [5, 5.41) is 3.48. The summed E-state index contributed by atoms with van der Waals surface area (Å²) in [6.07, 6.45) is -0.838. The predicted octanol–water partition coefficient (Wildman–Crippen LogP) is 3.19. The van der Waals surface area contributed by atoms with Gasteiger partial charge in [-0.1, -0.05) is 23.7 Å². The quantitative estimate of drug-likeness (QED) is 0.873. The van der Waals surface area contributed by atoms with Gasteiger partial charge >= 0.3 is 0 Å². The Morgan fingerprint density at radius 1 is 1.26 bits per heavy atom. The van der Waals surface area contributed by atoms with E-state index in [0.717, 1.165) is 11.1 Å². The van der Waals surface area contributed by atoms with Crippen LogP contribution < -0.4 is 10.1 Å². The lowest BCUT2D eigenvalue weighted by Gasteiger charge is -2.38. The molecule has 1 aliphatic rings. The molecule has 0 spiro atoms. The summed E-state index contributed by atoms with van der Waals surface area (Å²) in [6.45, 7) is 1.74. The molecule has 2 aromatic rings. The average molecular weight is 389 g/mol. The molecule has 3 rings (SSSR count). The van der Waals surface area contributed by atoms with Crippen molar-refractivity contribution in [1.82, 2.24) is 4.90 Å². The number of aryl methyl sites for hydroxylation is 1. The first-order chi connectivity index (χ1) is 12.9. The van der Waals surface area contributed by atoms with Crippen LogP contribution in [0.25, 0.3) is 0 Å². The van der Waals surface area contributed by atoms with Crippen molar-refractivity contribution in [2.24, 2.45) is 0 Å². The summed E-state index contributed by atoms with van der Waals surface area (Å²) in [7, 11) is 3.26. The third-order valence-corrected chi connectivity index (χ3v) is 4.90. The molecule has 7 heteroatoms. The van der Waals surface area contributed by atoms with Gasteiger partial charge in [0.05, 0.1) is 13.2 Å². The first-order valence-corrected chi connectivity index (χ1v) is 8.86. The number of halogens is 1. The molecule has 1 fully saturated rings. The molecule has 1 saturated heterocycles. The number of ether oxygens (including phenoxy) is 2. The molecule has 0 unspecified atom stereocenters. The van der Waals surface area contributed by atoms with Gasteiger partial charge < -0.3 is 19.7 Å². The van der Waals surface area contributed by atoms with Gasteiger partial charge in [0.1, 0.15) is 12.4 Å². The second kappa shape index (κ2) is 7.98. The highest BCUT2D eigenvalue weighted by Crippen LogP contribution is 2.31. The van der Waals surface area contributed by atoms with Crippen LogP contribution in [0.5, 0.6) is 5.75 Å². The number of benzene rings is 2. The van der Waals surface area contributed by atoms with Gasteiger partial charge in [-0.15, -0.1) is 0 Å². The SMILES string of the molecule is COc1ccc(NC(=O)[C@@H]2OCC(=O)N(C)[C@@H]2c2ccc(Cl)cc2)c(C)c1. The number of anilines is 1. The van der Waals surface area contributed by atoms with Crippen molar-refractivity contribution in [3.8, 4) is 5.75 Å². The van der Waals surface area contributed by atoms with Gasteiger partial charge in [0.25, 0.3) is 5.91 Å². The standard InChI is InChI=1S/C20H21ClN2O4/c1-12-10-15(26-3)8-9-16(12)22-20(25)19-18(23(2)17(24)11-27-19)13-4-6-14(21)7-5-13/h4-10,18-19H,11H2,1-3H3,(H,22,25)/t18-,19-/m1/s1. The van der Waals surface area contributed by atoms with E-state index in [4.69, 9.17) is 21.1 Å². The first-order valence-electron chi connectivity index (χ1n) is 8.49. The zero-order chi connectivity index (χ0) is 19.6. The number of morpholine rings is 1. The zero-order valence-electron chi connectivity index (χ0n) is 15.4. The number of amides is 2. The third kappa shape index (κ3) is 4.07.